The maximum atomic E-state index is 13.9. The first-order valence-corrected chi connectivity index (χ1v) is 8.29. The van der Waals surface area contributed by atoms with Gasteiger partial charge < -0.3 is 4.57 Å². The molecular formula is C18H15F3N2S. The van der Waals surface area contributed by atoms with Crippen LogP contribution in [0.4, 0.5) is 18.9 Å². The summed E-state index contributed by atoms with van der Waals surface area (Å²) >= 11 is 1.35. The molecule has 0 N–H and O–H groups in total. The van der Waals surface area contributed by atoms with Crippen molar-refractivity contribution in [2.45, 2.75) is 19.9 Å². The lowest BCUT2D eigenvalue weighted by atomic mass is 10.1. The molecule has 0 amide bonds. The Bertz CT molecular complexity index is 924. The Kier molecular flexibility index (Phi) is 4.57. The van der Waals surface area contributed by atoms with Crippen LogP contribution < -0.4 is 4.80 Å². The summed E-state index contributed by atoms with van der Waals surface area (Å²) in [5.74, 6) is -1.65. The van der Waals surface area contributed by atoms with Crippen LogP contribution in [0.2, 0.25) is 0 Å². The van der Waals surface area contributed by atoms with Gasteiger partial charge in [-0.2, -0.15) is 0 Å². The molecule has 2 nitrogen and oxygen atoms in total. The molecule has 0 radical (unpaired) electrons. The van der Waals surface area contributed by atoms with Gasteiger partial charge in [-0.25, -0.2) is 18.2 Å². The molecule has 24 heavy (non-hydrogen) atoms. The molecule has 0 saturated carbocycles. The van der Waals surface area contributed by atoms with Crippen molar-refractivity contribution in [2.24, 2.45) is 4.99 Å². The van der Waals surface area contributed by atoms with Gasteiger partial charge in [-0.05, 0) is 55.8 Å². The molecular weight excluding hydrogens is 333 g/mol. The number of hydrogen-bond donors (Lipinski definition) is 0. The molecule has 0 aliphatic rings. The number of halogens is 3. The molecule has 0 fully saturated rings. The minimum Gasteiger partial charge on any atom is -0.314 e. The highest BCUT2D eigenvalue weighted by molar-refractivity contribution is 7.07. The minimum absolute atomic E-state index is 0.0681. The Morgan fingerprint density at radius 2 is 1.62 bits per heavy atom. The van der Waals surface area contributed by atoms with E-state index in [1.165, 1.54) is 35.6 Å². The van der Waals surface area contributed by atoms with Gasteiger partial charge in [0.1, 0.15) is 17.3 Å². The molecule has 3 rings (SSSR count). The van der Waals surface area contributed by atoms with Crippen molar-refractivity contribution < 1.29 is 13.2 Å². The zero-order chi connectivity index (χ0) is 17.3. The van der Waals surface area contributed by atoms with Crippen molar-refractivity contribution in [3.63, 3.8) is 0 Å². The van der Waals surface area contributed by atoms with Crippen molar-refractivity contribution in [2.75, 3.05) is 0 Å². The van der Waals surface area contributed by atoms with Crippen LogP contribution in [-0.2, 0) is 0 Å². The lowest BCUT2D eigenvalue weighted by Gasteiger charge is -2.13. The van der Waals surface area contributed by atoms with Gasteiger partial charge in [0.05, 0.1) is 5.69 Å². The van der Waals surface area contributed by atoms with Crippen LogP contribution in [0.25, 0.3) is 11.3 Å². The van der Waals surface area contributed by atoms with Crippen molar-refractivity contribution in [3.05, 3.63) is 70.1 Å². The number of hydrogen-bond acceptors (Lipinski definition) is 2. The number of benzene rings is 2. The molecule has 0 spiro atoms. The quantitative estimate of drug-likeness (QED) is 0.599. The van der Waals surface area contributed by atoms with Crippen LogP contribution in [-0.4, -0.2) is 4.57 Å². The van der Waals surface area contributed by atoms with Crippen LogP contribution >= 0.6 is 11.3 Å². The van der Waals surface area contributed by atoms with E-state index in [0.717, 1.165) is 17.3 Å². The number of thiazole rings is 1. The average molecular weight is 348 g/mol. The van der Waals surface area contributed by atoms with Gasteiger partial charge in [-0.15, -0.1) is 11.3 Å². The van der Waals surface area contributed by atoms with Crippen LogP contribution in [0.15, 0.2) is 52.8 Å². The van der Waals surface area contributed by atoms with E-state index >= 15 is 0 Å². The first-order chi connectivity index (χ1) is 11.5. The van der Waals surface area contributed by atoms with E-state index in [2.05, 4.69) is 4.99 Å². The molecule has 0 bridgehead atoms. The Labute approximate surface area is 141 Å². The standard InChI is InChI=1S/C18H15F3N2S/c1-11(2)23-17(12-3-5-13(19)6-4-12)10-24-18(23)22-16-8-7-14(20)9-15(16)21/h3-11H,1-2H3. The average Bonchev–Trinajstić information content (AvgIpc) is 2.94. The van der Waals surface area contributed by atoms with E-state index in [0.29, 0.717) is 4.80 Å². The molecule has 0 atom stereocenters. The largest absolute Gasteiger partial charge is 0.314 e. The number of rotatable bonds is 3. The highest BCUT2D eigenvalue weighted by Gasteiger charge is 2.12. The Hall–Kier alpha value is -2.34. The predicted octanol–water partition coefficient (Wildman–Crippen LogP) is 5.45. The van der Waals surface area contributed by atoms with Crippen LogP contribution in [0, 0.1) is 17.5 Å². The first kappa shape index (κ1) is 16.5. The third kappa shape index (κ3) is 3.28. The lowest BCUT2D eigenvalue weighted by molar-refractivity contribution is 0.578. The van der Waals surface area contributed by atoms with Gasteiger partial charge >= 0.3 is 0 Å². The van der Waals surface area contributed by atoms with Crippen molar-refractivity contribution in [1.82, 2.24) is 4.57 Å². The Morgan fingerprint density at radius 1 is 0.958 bits per heavy atom. The molecule has 0 aliphatic carbocycles. The van der Waals surface area contributed by atoms with E-state index in [9.17, 15) is 13.2 Å². The van der Waals surface area contributed by atoms with Gasteiger partial charge in [0.25, 0.3) is 0 Å². The molecule has 124 valence electrons. The molecule has 6 heteroatoms. The topological polar surface area (TPSA) is 17.3 Å². The van der Waals surface area contributed by atoms with Gasteiger partial charge in [0.15, 0.2) is 10.6 Å². The predicted molar refractivity (Wildman–Crippen MR) is 89.7 cm³/mol. The molecule has 1 aromatic heterocycles. The van der Waals surface area contributed by atoms with Crippen molar-refractivity contribution >= 4 is 17.0 Å². The monoisotopic (exact) mass is 348 g/mol. The second-order valence-electron chi connectivity index (χ2n) is 5.58. The van der Waals surface area contributed by atoms with Gasteiger partial charge in [-0.3, -0.25) is 0 Å². The van der Waals surface area contributed by atoms with E-state index in [1.807, 2.05) is 23.8 Å². The molecule has 3 aromatic rings. The first-order valence-electron chi connectivity index (χ1n) is 7.41. The zero-order valence-corrected chi connectivity index (χ0v) is 13.9. The Morgan fingerprint density at radius 3 is 2.25 bits per heavy atom. The summed E-state index contributed by atoms with van der Waals surface area (Å²) in [7, 11) is 0. The van der Waals surface area contributed by atoms with Gasteiger partial charge in [0, 0.05) is 17.5 Å². The highest BCUT2D eigenvalue weighted by atomic mass is 32.1. The van der Waals surface area contributed by atoms with Crippen LogP contribution in [0.1, 0.15) is 19.9 Å². The summed E-state index contributed by atoms with van der Waals surface area (Å²) in [4.78, 5) is 4.92. The summed E-state index contributed by atoms with van der Waals surface area (Å²) in [6.07, 6.45) is 0. The second-order valence-corrected chi connectivity index (χ2v) is 6.42. The summed E-state index contributed by atoms with van der Waals surface area (Å²) in [6, 6.07) is 9.55. The highest BCUT2D eigenvalue weighted by Crippen LogP contribution is 2.24. The molecule has 1 heterocycles. The van der Waals surface area contributed by atoms with E-state index < -0.39 is 11.6 Å². The third-order valence-corrected chi connectivity index (χ3v) is 4.36. The molecule has 0 unspecified atom stereocenters. The van der Waals surface area contributed by atoms with E-state index in [4.69, 9.17) is 0 Å². The fourth-order valence-corrected chi connectivity index (χ4v) is 3.45. The van der Waals surface area contributed by atoms with Crippen molar-refractivity contribution in [1.29, 1.82) is 0 Å². The molecule has 0 aliphatic heterocycles. The summed E-state index contributed by atoms with van der Waals surface area (Å²) in [6.45, 7) is 3.97. The lowest BCUT2D eigenvalue weighted by Crippen LogP contribution is -2.18. The maximum absolute atomic E-state index is 13.9. The Balaban J connectivity index is 2.16. The van der Waals surface area contributed by atoms with Gasteiger partial charge in [-0.1, -0.05) is 0 Å². The van der Waals surface area contributed by atoms with E-state index in [1.54, 1.807) is 12.1 Å². The zero-order valence-electron chi connectivity index (χ0n) is 13.1. The second kappa shape index (κ2) is 6.65. The summed E-state index contributed by atoms with van der Waals surface area (Å²) in [5.41, 5.74) is 1.80. The molecule has 0 saturated heterocycles. The normalized spacial score (nSPS) is 12.2. The smallest absolute Gasteiger partial charge is 0.190 e. The van der Waals surface area contributed by atoms with Crippen molar-refractivity contribution in [3.8, 4) is 11.3 Å². The van der Waals surface area contributed by atoms with Crippen LogP contribution in [0.5, 0.6) is 0 Å². The van der Waals surface area contributed by atoms with E-state index in [-0.39, 0.29) is 17.5 Å². The van der Waals surface area contributed by atoms with Gasteiger partial charge in [0.2, 0.25) is 0 Å². The summed E-state index contributed by atoms with van der Waals surface area (Å²) < 4.78 is 42.0. The SMILES string of the molecule is CC(C)n1c(-c2ccc(F)cc2)csc1=Nc1ccc(F)cc1F. The summed E-state index contributed by atoms with van der Waals surface area (Å²) in [5, 5.41) is 1.90. The maximum Gasteiger partial charge on any atom is 0.190 e. The number of nitrogens with zero attached hydrogens (tertiary/aromatic N) is 2. The fourth-order valence-electron chi connectivity index (χ4n) is 2.41. The fraction of sp³-hybridized carbons (Fsp3) is 0.167. The number of aromatic nitrogens is 1. The van der Waals surface area contributed by atoms with Crippen LogP contribution in [0.3, 0.4) is 0 Å². The third-order valence-electron chi connectivity index (χ3n) is 3.52. The molecule has 2 aromatic carbocycles. The minimum atomic E-state index is -0.706.